The van der Waals surface area contributed by atoms with Crippen LogP contribution in [0, 0.1) is 0 Å². The molecule has 0 fully saturated rings. The number of hydrogen-bond acceptors (Lipinski definition) is 2. The Morgan fingerprint density at radius 1 is 1.62 bits per heavy atom. The van der Waals surface area contributed by atoms with Crippen LogP contribution in [0.5, 0.6) is 0 Å². The van der Waals surface area contributed by atoms with Gasteiger partial charge in [-0.3, -0.25) is 9.98 Å². The van der Waals surface area contributed by atoms with Crippen molar-refractivity contribution in [3.05, 3.63) is 11.9 Å². The summed E-state index contributed by atoms with van der Waals surface area (Å²) in [5.41, 5.74) is 0.875. The molecule has 0 bridgehead atoms. The zero-order chi connectivity index (χ0) is 6.41. The molecule has 0 unspecified atom stereocenters. The van der Waals surface area contributed by atoms with Gasteiger partial charge in [0.25, 0.3) is 0 Å². The van der Waals surface area contributed by atoms with Crippen molar-refractivity contribution in [2.24, 2.45) is 9.98 Å². The SMILES string of the molecule is C=NC=C(CC)N=C. The Balaban J connectivity index is 3.84. The molecule has 0 rings (SSSR count). The third-order valence-electron chi connectivity index (χ3n) is 0.806. The Labute approximate surface area is 49.7 Å². The molecule has 0 aromatic carbocycles. The molecule has 2 heteroatoms. The summed E-state index contributed by atoms with van der Waals surface area (Å²) in [6, 6.07) is 0. The van der Waals surface area contributed by atoms with Crippen molar-refractivity contribution in [2.45, 2.75) is 13.3 Å². The fraction of sp³-hybridized carbons (Fsp3) is 0.333. The van der Waals surface area contributed by atoms with Crippen molar-refractivity contribution < 1.29 is 0 Å². The molecule has 0 aromatic rings. The Kier molecular flexibility index (Phi) is 3.76. The van der Waals surface area contributed by atoms with Crippen LogP contribution in [-0.4, -0.2) is 13.4 Å². The molecule has 2 nitrogen and oxygen atoms in total. The van der Waals surface area contributed by atoms with E-state index >= 15 is 0 Å². The lowest BCUT2D eigenvalue weighted by atomic mass is 10.4. The van der Waals surface area contributed by atoms with E-state index in [4.69, 9.17) is 0 Å². The number of hydrogen-bond donors (Lipinski definition) is 0. The van der Waals surface area contributed by atoms with E-state index in [9.17, 15) is 0 Å². The molecule has 0 amide bonds. The molecule has 0 saturated heterocycles. The Morgan fingerprint density at radius 2 is 2.25 bits per heavy atom. The average molecular weight is 110 g/mol. The molecule has 0 radical (unpaired) electrons. The lowest BCUT2D eigenvalue weighted by Gasteiger charge is -1.87. The van der Waals surface area contributed by atoms with Crippen molar-refractivity contribution in [1.29, 1.82) is 0 Å². The second kappa shape index (κ2) is 4.24. The van der Waals surface area contributed by atoms with E-state index in [-0.39, 0.29) is 0 Å². The molecular formula is C6H10N2. The average Bonchev–Trinajstić information content (AvgIpc) is 1.83. The van der Waals surface area contributed by atoms with Gasteiger partial charge in [0.1, 0.15) is 0 Å². The van der Waals surface area contributed by atoms with Gasteiger partial charge in [0.15, 0.2) is 0 Å². The molecule has 0 heterocycles. The summed E-state index contributed by atoms with van der Waals surface area (Å²) < 4.78 is 0. The Hall–Kier alpha value is -0.920. The first-order valence-electron chi connectivity index (χ1n) is 2.46. The van der Waals surface area contributed by atoms with Crippen molar-refractivity contribution in [3.8, 4) is 0 Å². The first kappa shape index (κ1) is 7.08. The van der Waals surface area contributed by atoms with Crippen molar-refractivity contribution in [3.63, 3.8) is 0 Å². The van der Waals surface area contributed by atoms with Gasteiger partial charge in [0.2, 0.25) is 0 Å². The fourth-order valence-corrected chi connectivity index (χ4v) is 0.349. The van der Waals surface area contributed by atoms with E-state index in [1.807, 2.05) is 6.92 Å². The highest BCUT2D eigenvalue weighted by Gasteiger charge is 1.81. The highest BCUT2D eigenvalue weighted by molar-refractivity contribution is 5.31. The minimum absolute atomic E-state index is 0.864. The van der Waals surface area contributed by atoms with E-state index < -0.39 is 0 Å². The lowest BCUT2D eigenvalue weighted by Crippen LogP contribution is -1.69. The number of allylic oxidation sites excluding steroid dienone is 1. The zero-order valence-corrected chi connectivity index (χ0v) is 5.09. The quantitative estimate of drug-likeness (QED) is 0.493. The molecule has 0 aromatic heterocycles. The third kappa shape index (κ3) is 2.29. The van der Waals surface area contributed by atoms with Crippen LogP contribution in [0.2, 0.25) is 0 Å². The molecule has 0 aliphatic carbocycles. The van der Waals surface area contributed by atoms with Gasteiger partial charge in [-0.05, 0) is 19.9 Å². The summed E-state index contributed by atoms with van der Waals surface area (Å²) in [5, 5.41) is 0. The van der Waals surface area contributed by atoms with Crippen molar-refractivity contribution in [2.75, 3.05) is 0 Å². The first-order valence-corrected chi connectivity index (χ1v) is 2.46. The maximum Gasteiger partial charge on any atom is 0.0575 e. The van der Waals surface area contributed by atoms with Gasteiger partial charge in [-0.2, -0.15) is 0 Å². The van der Waals surface area contributed by atoms with Crippen LogP contribution in [0.15, 0.2) is 21.9 Å². The highest BCUT2D eigenvalue weighted by Crippen LogP contribution is 1.98. The van der Waals surface area contributed by atoms with E-state index in [1.165, 1.54) is 0 Å². The second-order valence-electron chi connectivity index (χ2n) is 1.31. The van der Waals surface area contributed by atoms with Gasteiger partial charge >= 0.3 is 0 Å². The van der Waals surface area contributed by atoms with Crippen molar-refractivity contribution >= 4 is 13.4 Å². The summed E-state index contributed by atoms with van der Waals surface area (Å²) in [5.74, 6) is 0. The van der Waals surface area contributed by atoms with Crippen LogP contribution in [0.25, 0.3) is 0 Å². The van der Waals surface area contributed by atoms with Gasteiger partial charge in [0, 0.05) is 6.20 Å². The van der Waals surface area contributed by atoms with Gasteiger partial charge in [0.05, 0.1) is 5.70 Å². The largest absolute Gasteiger partial charge is 0.271 e. The maximum absolute atomic E-state index is 3.67. The van der Waals surface area contributed by atoms with Crippen LogP contribution in [0.1, 0.15) is 13.3 Å². The molecule has 0 aliphatic heterocycles. The minimum Gasteiger partial charge on any atom is -0.271 e. The van der Waals surface area contributed by atoms with Crippen LogP contribution < -0.4 is 0 Å². The molecule has 0 spiro atoms. The molecular weight excluding hydrogens is 100 g/mol. The van der Waals surface area contributed by atoms with E-state index in [0.717, 1.165) is 12.1 Å². The molecule has 0 saturated carbocycles. The monoisotopic (exact) mass is 110 g/mol. The number of aliphatic imine (C=N–C) groups is 2. The fourth-order valence-electron chi connectivity index (χ4n) is 0.349. The summed E-state index contributed by atoms with van der Waals surface area (Å²) in [6.45, 7) is 8.62. The standard InChI is InChI=1S/C6H10N2/c1-4-6(8-3)5-7-2/h5H,2-4H2,1H3. The molecule has 8 heavy (non-hydrogen) atoms. The Morgan fingerprint density at radius 3 is 2.38 bits per heavy atom. The number of rotatable bonds is 3. The van der Waals surface area contributed by atoms with E-state index in [1.54, 1.807) is 6.20 Å². The first-order chi connectivity index (χ1) is 3.85. The van der Waals surface area contributed by atoms with Crippen LogP contribution in [-0.2, 0) is 0 Å². The zero-order valence-electron chi connectivity index (χ0n) is 5.09. The van der Waals surface area contributed by atoms with Crippen molar-refractivity contribution in [1.82, 2.24) is 0 Å². The van der Waals surface area contributed by atoms with E-state index in [2.05, 4.69) is 23.4 Å². The molecule has 0 N–H and O–H groups in total. The van der Waals surface area contributed by atoms with Gasteiger partial charge in [-0.1, -0.05) is 6.92 Å². The topological polar surface area (TPSA) is 24.7 Å². The van der Waals surface area contributed by atoms with Gasteiger partial charge in [-0.15, -0.1) is 0 Å². The predicted molar refractivity (Wildman–Crippen MR) is 37.5 cm³/mol. The van der Waals surface area contributed by atoms with Crippen LogP contribution in [0.4, 0.5) is 0 Å². The predicted octanol–water partition coefficient (Wildman–Crippen LogP) is 1.64. The summed E-state index contributed by atoms with van der Waals surface area (Å²) in [6.07, 6.45) is 2.47. The minimum atomic E-state index is 0.864. The Bertz CT molecular complexity index is 114. The van der Waals surface area contributed by atoms with Gasteiger partial charge < -0.3 is 0 Å². The molecule has 44 valence electrons. The summed E-state index contributed by atoms with van der Waals surface area (Å²) in [7, 11) is 0. The maximum atomic E-state index is 3.67. The molecule has 0 atom stereocenters. The van der Waals surface area contributed by atoms with E-state index in [0.29, 0.717) is 0 Å². The molecule has 0 aliphatic rings. The van der Waals surface area contributed by atoms with Crippen LogP contribution in [0.3, 0.4) is 0 Å². The smallest absolute Gasteiger partial charge is 0.0575 e. The van der Waals surface area contributed by atoms with Gasteiger partial charge in [-0.25, -0.2) is 0 Å². The summed E-state index contributed by atoms with van der Waals surface area (Å²) >= 11 is 0. The summed E-state index contributed by atoms with van der Waals surface area (Å²) in [4.78, 5) is 7.21. The lowest BCUT2D eigenvalue weighted by molar-refractivity contribution is 1.06. The second-order valence-corrected chi connectivity index (χ2v) is 1.31. The normalized spacial score (nSPS) is 10.9. The highest BCUT2D eigenvalue weighted by atomic mass is 14.8. The third-order valence-corrected chi connectivity index (χ3v) is 0.806. The van der Waals surface area contributed by atoms with Crippen LogP contribution >= 0.6 is 0 Å². The number of nitrogens with zero attached hydrogens (tertiary/aromatic N) is 2.